The van der Waals surface area contributed by atoms with Crippen LogP contribution in [-0.2, 0) is 17.4 Å². The van der Waals surface area contributed by atoms with Crippen molar-refractivity contribution in [3.05, 3.63) is 0 Å². The average Bonchev–Trinajstić information content (AvgIpc) is 0. The van der Waals surface area contributed by atoms with Gasteiger partial charge in [0, 0.05) is 64.0 Å². The second-order valence-corrected chi connectivity index (χ2v) is 0. The van der Waals surface area contributed by atoms with Crippen molar-refractivity contribution in [1.82, 2.24) is 0 Å². The average molecular weight is 188 g/mol. The summed E-state index contributed by atoms with van der Waals surface area (Å²) in [7, 11) is 0. The molecule has 0 unspecified atom stereocenters. The van der Waals surface area contributed by atoms with Crippen LogP contribution in [0.5, 0.6) is 0 Å². The van der Waals surface area contributed by atoms with E-state index in [-0.39, 0.29) is 77.5 Å². The maximum atomic E-state index is 0. The Labute approximate surface area is 76.4 Å². The van der Waals surface area contributed by atoms with Crippen LogP contribution >= 0.6 is 13.5 Å². The second-order valence-electron chi connectivity index (χ2n) is 0. The Kier molecular flexibility index (Phi) is 147. The minimum Gasteiger partial charge on any atom is -0.197 e. The fourth-order valence-electron chi connectivity index (χ4n) is 0. The van der Waals surface area contributed by atoms with E-state index >= 15 is 0 Å². The summed E-state index contributed by atoms with van der Waals surface area (Å²) in [6, 6.07) is 0. The zero-order chi connectivity index (χ0) is 0. The van der Waals surface area contributed by atoms with E-state index < -0.39 is 0 Å². The number of hydrogen-bond donors (Lipinski definition) is 0. The summed E-state index contributed by atoms with van der Waals surface area (Å²) in [6.07, 6.45) is 0. The van der Waals surface area contributed by atoms with E-state index in [1.807, 2.05) is 0 Å². The zero-order valence-electron chi connectivity index (χ0n) is 2.32. The molecular formula is H2CrNaSSe. The van der Waals surface area contributed by atoms with E-state index in [0.717, 1.165) is 0 Å². The van der Waals surface area contributed by atoms with Gasteiger partial charge in [-0.1, -0.05) is 0 Å². The summed E-state index contributed by atoms with van der Waals surface area (Å²) in [5.74, 6) is 0. The maximum Gasteiger partial charge on any atom is 0 e. The van der Waals surface area contributed by atoms with E-state index in [2.05, 4.69) is 0 Å². The first-order valence-electron chi connectivity index (χ1n) is 0. The van der Waals surface area contributed by atoms with Crippen LogP contribution < -0.4 is 0 Å². The molecule has 0 rings (SSSR count). The first-order chi connectivity index (χ1) is 0. The minimum absolute atomic E-state index is 0. The molecule has 0 aromatic heterocycles. The van der Waals surface area contributed by atoms with Gasteiger partial charge >= 0.3 is 0 Å². The van der Waals surface area contributed by atoms with Gasteiger partial charge in [-0.2, -0.15) is 13.5 Å². The molecule has 0 heterocycles. The van der Waals surface area contributed by atoms with Crippen molar-refractivity contribution in [1.29, 1.82) is 0 Å². The monoisotopic (exact) mass is 189 g/mol. The third-order valence-corrected chi connectivity index (χ3v) is 0. The van der Waals surface area contributed by atoms with Crippen molar-refractivity contribution in [3.8, 4) is 0 Å². The third-order valence-electron chi connectivity index (χ3n) is 0. The van der Waals surface area contributed by atoms with Gasteiger partial charge in [0.05, 0.1) is 0 Å². The van der Waals surface area contributed by atoms with Crippen molar-refractivity contribution < 1.29 is 17.4 Å². The summed E-state index contributed by atoms with van der Waals surface area (Å²) in [6.45, 7) is 0. The van der Waals surface area contributed by atoms with Crippen LogP contribution in [0, 0.1) is 0 Å². The Bertz CT molecular complexity index is 8.00. The van der Waals surface area contributed by atoms with Gasteiger partial charge in [0.25, 0.3) is 0 Å². The Morgan fingerprint density at radius 1 is 1.00 bits per heavy atom. The first kappa shape index (κ1) is 32.4. The fourth-order valence-corrected chi connectivity index (χ4v) is 0. The molecule has 0 aromatic rings. The summed E-state index contributed by atoms with van der Waals surface area (Å²) in [4.78, 5) is 0. The van der Waals surface area contributed by atoms with Crippen LogP contribution in [0.4, 0.5) is 0 Å². The van der Waals surface area contributed by atoms with Crippen molar-refractivity contribution >= 4 is 60.1 Å². The normalized spacial score (nSPS) is 0. The fraction of sp³-hybridized carbons (Fsp3) is 0. The molecule has 4 heavy (non-hydrogen) atoms. The first-order valence-corrected chi connectivity index (χ1v) is 0. The van der Waals surface area contributed by atoms with E-state index in [0.29, 0.717) is 0 Å². The predicted molar refractivity (Wildman–Crippen MR) is 21.9 cm³/mol. The van der Waals surface area contributed by atoms with Gasteiger partial charge < -0.3 is 0 Å². The molecular weight excluding hydrogens is 186 g/mol. The summed E-state index contributed by atoms with van der Waals surface area (Å²) in [5.41, 5.74) is 0. The van der Waals surface area contributed by atoms with Gasteiger partial charge in [0.2, 0.25) is 0 Å². The smallest absolute Gasteiger partial charge is 0 e. The van der Waals surface area contributed by atoms with E-state index in [1.54, 1.807) is 0 Å². The molecule has 0 bridgehead atoms. The SMILES string of the molecule is S.[Cr].[Na].[Se]. The predicted octanol–water partition coefficient (Wildman–Crippen LogP) is -0.651. The molecule has 0 aliphatic rings. The maximum absolute atomic E-state index is 0. The van der Waals surface area contributed by atoms with E-state index in [9.17, 15) is 0 Å². The van der Waals surface area contributed by atoms with Crippen LogP contribution in [0.2, 0.25) is 0 Å². The van der Waals surface area contributed by atoms with Gasteiger partial charge in [-0.3, -0.25) is 0 Å². The van der Waals surface area contributed by atoms with Crippen LogP contribution in [0.3, 0.4) is 0 Å². The van der Waals surface area contributed by atoms with E-state index in [1.165, 1.54) is 0 Å². The molecule has 0 N–H and O–H groups in total. The van der Waals surface area contributed by atoms with Crippen LogP contribution in [-0.4, -0.2) is 46.6 Å². The summed E-state index contributed by atoms with van der Waals surface area (Å²) < 4.78 is 0. The van der Waals surface area contributed by atoms with Crippen molar-refractivity contribution in [3.63, 3.8) is 0 Å². The Balaban J connectivity index is 0. The molecule has 0 spiro atoms. The molecule has 0 aliphatic heterocycles. The molecule has 0 amide bonds. The number of rotatable bonds is 0. The standard InChI is InChI=1S/Cr.Na.H2S.Se/h;;1H2;. The minimum atomic E-state index is 0. The second kappa shape index (κ2) is 18.1. The summed E-state index contributed by atoms with van der Waals surface area (Å²) >= 11 is 0. The molecule has 3 radical (unpaired) electrons. The van der Waals surface area contributed by atoms with Gasteiger partial charge in [0.1, 0.15) is 0 Å². The van der Waals surface area contributed by atoms with E-state index in [4.69, 9.17) is 0 Å². The molecule has 21 valence electrons. The van der Waals surface area contributed by atoms with Gasteiger partial charge in [-0.05, 0) is 0 Å². The number of hydrogen-bond acceptors (Lipinski definition) is 0. The summed E-state index contributed by atoms with van der Waals surface area (Å²) in [5, 5.41) is 0. The van der Waals surface area contributed by atoms with Crippen molar-refractivity contribution in [2.24, 2.45) is 0 Å². The Morgan fingerprint density at radius 2 is 1.00 bits per heavy atom. The van der Waals surface area contributed by atoms with Gasteiger partial charge in [-0.15, -0.1) is 0 Å². The van der Waals surface area contributed by atoms with Crippen LogP contribution in [0.15, 0.2) is 0 Å². The molecule has 0 nitrogen and oxygen atoms in total. The molecule has 0 atom stereocenters. The van der Waals surface area contributed by atoms with Gasteiger partial charge in [-0.25, -0.2) is 0 Å². The molecule has 0 aliphatic carbocycles. The topological polar surface area (TPSA) is 0 Å². The largest absolute Gasteiger partial charge is 0.197 e. The van der Waals surface area contributed by atoms with Crippen molar-refractivity contribution in [2.75, 3.05) is 0 Å². The third kappa shape index (κ3) is 8.83. The zero-order valence-corrected chi connectivity index (χ0v) is 8.30. The molecule has 0 saturated heterocycles. The molecule has 4 heteroatoms. The Hall–Kier alpha value is 2.40. The molecule has 0 saturated carbocycles. The quantitative estimate of drug-likeness (QED) is 0.443. The van der Waals surface area contributed by atoms with Crippen LogP contribution in [0.25, 0.3) is 0 Å². The van der Waals surface area contributed by atoms with Gasteiger partial charge in [0.15, 0.2) is 0 Å². The van der Waals surface area contributed by atoms with Crippen molar-refractivity contribution in [2.45, 2.75) is 0 Å². The Morgan fingerprint density at radius 3 is 1.00 bits per heavy atom. The molecule has 0 aromatic carbocycles. The molecule has 0 fully saturated rings. The van der Waals surface area contributed by atoms with Crippen LogP contribution in [0.1, 0.15) is 0 Å².